The van der Waals surface area contributed by atoms with Gasteiger partial charge in [0.05, 0.1) is 6.10 Å². The van der Waals surface area contributed by atoms with Crippen LogP contribution in [-0.2, 0) is 0 Å². The molecule has 100 valence electrons. The van der Waals surface area contributed by atoms with Crippen LogP contribution < -0.4 is 10.5 Å². The highest BCUT2D eigenvalue weighted by Gasteiger charge is 2.13. The summed E-state index contributed by atoms with van der Waals surface area (Å²) in [5.41, 5.74) is 6.31. The Bertz CT molecular complexity index is 403. The number of carbonyl (C=O) groups excluding carboxylic acids is 1. The van der Waals surface area contributed by atoms with E-state index < -0.39 is 0 Å². The first-order valence-electron chi connectivity index (χ1n) is 6.18. The minimum Gasteiger partial charge on any atom is -0.491 e. The molecule has 4 nitrogen and oxygen atoms in total. The average molecular weight is 250 g/mol. The first-order chi connectivity index (χ1) is 8.40. The van der Waals surface area contributed by atoms with Crippen molar-refractivity contribution < 1.29 is 9.53 Å². The third kappa shape index (κ3) is 4.37. The van der Waals surface area contributed by atoms with E-state index in [1.165, 1.54) is 0 Å². The molecule has 2 N–H and O–H groups in total. The van der Waals surface area contributed by atoms with Crippen molar-refractivity contribution in [2.75, 3.05) is 13.6 Å². The van der Waals surface area contributed by atoms with Crippen LogP contribution in [0.1, 0.15) is 31.1 Å². The van der Waals surface area contributed by atoms with Gasteiger partial charge in [0.1, 0.15) is 5.75 Å². The lowest BCUT2D eigenvalue weighted by Crippen LogP contribution is -2.36. The number of ether oxygens (including phenoxy) is 1. The van der Waals surface area contributed by atoms with Gasteiger partial charge in [0, 0.05) is 25.2 Å². The molecule has 0 spiro atoms. The highest BCUT2D eigenvalue weighted by Crippen LogP contribution is 2.16. The number of nitrogens with two attached hydrogens (primary N) is 1. The summed E-state index contributed by atoms with van der Waals surface area (Å²) >= 11 is 0. The van der Waals surface area contributed by atoms with E-state index in [-0.39, 0.29) is 18.1 Å². The van der Waals surface area contributed by atoms with Gasteiger partial charge in [-0.05, 0) is 39.0 Å². The zero-order chi connectivity index (χ0) is 13.7. The standard InChI is InChI=1S/C14H22N2O2/c1-10(2)18-13-7-5-6-12(8-13)14(17)16(4)9-11(3)15/h5-8,10-11H,9,15H2,1-4H3. The summed E-state index contributed by atoms with van der Waals surface area (Å²) in [5, 5.41) is 0. The van der Waals surface area contributed by atoms with Crippen LogP contribution in [0.4, 0.5) is 0 Å². The van der Waals surface area contributed by atoms with E-state index in [1.807, 2.05) is 32.9 Å². The maximum Gasteiger partial charge on any atom is 0.253 e. The van der Waals surface area contributed by atoms with E-state index >= 15 is 0 Å². The van der Waals surface area contributed by atoms with Gasteiger partial charge in [-0.3, -0.25) is 4.79 Å². The molecule has 1 rings (SSSR count). The number of rotatable bonds is 5. The van der Waals surface area contributed by atoms with Gasteiger partial charge in [-0.25, -0.2) is 0 Å². The Labute approximate surface area is 109 Å². The average Bonchev–Trinajstić information content (AvgIpc) is 2.26. The molecule has 1 aromatic rings. The summed E-state index contributed by atoms with van der Waals surface area (Å²) in [5.74, 6) is 0.673. The Morgan fingerprint density at radius 3 is 2.61 bits per heavy atom. The summed E-state index contributed by atoms with van der Waals surface area (Å²) in [4.78, 5) is 13.8. The highest BCUT2D eigenvalue weighted by atomic mass is 16.5. The highest BCUT2D eigenvalue weighted by molar-refractivity contribution is 5.94. The molecule has 0 radical (unpaired) electrons. The molecule has 1 amide bonds. The van der Waals surface area contributed by atoms with Gasteiger partial charge < -0.3 is 15.4 Å². The van der Waals surface area contributed by atoms with Crippen molar-refractivity contribution in [2.45, 2.75) is 32.9 Å². The van der Waals surface area contributed by atoms with Crippen LogP contribution in [0, 0.1) is 0 Å². The molecule has 0 aliphatic rings. The number of nitrogens with zero attached hydrogens (tertiary/aromatic N) is 1. The zero-order valence-corrected chi connectivity index (χ0v) is 11.5. The van der Waals surface area contributed by atoms with Crippen LogP contribution in [-0.4, -0.2) is 36.5 Å². The van der Waals surface area contributed by atoms with E-state index in [0.29, 0.717) is 17.9 Å². The molecule has 18 heavy (non-hydrogen) atoms. The first kappa shape index (κ1) is 14.5. The summed E-state index contributed by atoms with van der Waals surface area (Å²) in [6.07, 6.45) is 0.0946. The maximum absolute atomic E-state index is 12.1. The van der Waals surface area contributed by atoms with Crippen molar-refractivity contribution >= 4 is 5.91 Å². The van der Waals surface area contributed by atoms with Crippen molar-refractivity contribution in [3.63, 3.8) is 0 Å². The Hall–Kier alpha value is -1.55. The Kier molecular flexibility index (Phi) is 5.16. The predicted molar refractivity (Wildman–Crippen MR) is 72.8 cm³/mol. The number of amides is 1. The molecule has 1 unspecified atom stereocenters. The Balaban J connectivity index is 2.79. The molecule has 0 aromatic heterocycles. The third-order valence-corrected chi connectivity index (χ3v) is 2.36. The Morgan fingerprint density at radius 2 is 2.06 bits per heavy atom. The molecule has 0 fully saturated rings. The molecule has 0 bridgehead atoms. The molecular weight excluding hydrogens is 228 g/mol. The number of benzene rings is 1. The van der Waals surface area contributed by atoms with Crippen molar-refractivity contribution in [2.24, 2.45) is 5.73 Å². The molecule has 1 atom stereocenters. The largest absolute Gasteiger partial charge is 0.491 e. The van der Waals surface area contributed by atoms with Crippen molar-refractivity contribution in [1.29, 1.82) is 0 Å². The second kappa shape index (κ2) is 6.40. The molecule has 0 saturated carbocycles. The monoisotopic (exact) mass is 250 g/mol. The van der Waals surface area contributed by atoms with Gasteiger partial charge in [-0.1, -0.05) is 6.07 Å². The van der Waals surface area contributed by atoms with E-state index in [1.54, 1.807) is 24.1 Å². The number of hydrogen-bond donors (Lipinski definition) is 1. The molecule has 0 aliphatic carbocycles. The van der Waals surface area contributed by atoms with Crippen LogP contribution in [0.15, 0.2) is 24.3 Å². The first-order valence-corrected chi connectivity index (χ1v) is 6.18. The number of carbonyl (C=O) groups is 1. The SMILES string of the molecule is CC(N)CN(C)C(=O)c1cccc(OC(C)C)c1. The van der Waals surface area contributed by atoms with Crippen molar-refractivity contribution in [1.82, 2.24) is 4.90 Å². The summed E-state index contributed by atoms with van der Waals surface area (Å²) in [6.45, 7) is 6.32. The minimum atomic E-state index is -0.0403. The molecule has 0 saturated heterocycles. The quantitative estimate of drug-likeness (QED) is 0.868. The van der Waals surface area contributed by atoms with Crippen LogP contribution in [0.3, 0.4) is 0 Å². The summed E-state index contributed by atoms with van der Waals surface area (Å²) in [6, 6.07) is 7.19. The molecule has 4 heteroatoms. The van der Waals surface area contributed by atoms with Crippen LogP contribution >= 0.6 is 0 Å². The predicted octanol–water partition coefficient (Wildman–Crippen LogP) is 1.89. The fraction of sp³-hybridized carbons (Fsp3) is 0.500. The second-order valence-corrected chi connectivity index (χ2v) is 4.86. The lowest BCUT2D eigenvalue weighted by atomic mass is 10.2. The third-order valence-electron chi connectivity index (χ3n) is 2.36. The van der Waals surface area contributed by atoms with Crippen LogP contribution in [0.2, 0.25) is 0 Å². The van der Waals surface area contributed by atoms with Crippen LogP contribution in [0.25, 0.3) is 0 Å². The molecule has 0 aliphatic heterocycles. The molecule has 1 aromatic carbocycles. The second-order valence-electron chi connectivity index (χ2n) is 4.86. The van der Waals surface area contributed by atoms with Gasteiger partial charge in [0.25, 0.3) is 5.91 Å². The Morgan fingerprint density at radius 1 is 1.39 bits per heavy atom. The fourth-order valence-corrected chi connectivity index (χ4v) is 1.71. The maximum atomic E-state index is 12.1. The minimum absolute atomic E-state index is 0.0333. The van der Waals surface area contributed by atoms with Gasteiger partial charge in [-0.2, -0.15) is 0 Å². The van der Waals surface area contributed by atoms with E-state index in [9.17, 15) is 4.79 Å². The van der Waals surface area contributed by atoms with E-state index in [2.05, 4.69) is 0 Å². The number of hydrogen-bond acceptors (Lipinski definition) is 3. The molecular formula is C14H22N2O2. The lowest BCUT2D eigenvalue weighted by Gasteiger charge is -2.19. The van der Waals surface area contributed by atoms with Gasteiger partial charge in [0.2, 0.25) is 0 Å². The smallest absolute Gasteiger partial charge is 0.253 e. The normalized spacial score (nSPS) is 12.3. The lowest BCUT2D eigenvalue weighted by molar-refractivity contribution is 0.0788. The summed E-state index contributed by atoms with van der Waals surface area (Å²) < 4.78 is 5.57. The van der Waals surface area contributed by atoms with Crippen molar-refractivity contribution in [3.8, 4) is 5.75 Å². The van der Waals surface area contributed by atoms with Crippen molar-refractivity contribution in [3.05, 3.63) is 29.8 Å². The van der Waals surface area contributed by atoms with Gasteiger partial charge >= 0.3 is 0 Å². The summed E-state index contributed by atoms with van der Waals surface area (Å²) in [7, 11) is 1.75. The fourth-order valence-electron chi connectivity index (χ4n) is 1.71. The topological polar surface area (TPSA) is 55.6 Å². The van der Waals surface area contributed by atoms with Crippen LogP contribution in [0.5, 0.6) is 5.75 Å². The molecule has 0 heterocycles. The van der Waals surface area contributed by atoms with E-state index in [0.717, 1.165) is 0 Å². The van der Waals surface area contributed by atoms with Gasteiger partial charge in [0.15, 0.2) is 0 Å². The van der Waals surface area contributed by atoms with E-state index in [4.69, 9.17) is 10.5 Å². The zero-order valence-electron chi connectivity index (χ0n) is 11.5. The number of likely N-dealkylation sites (N-methyl/N-ethyl adjacent to an activating group) is 1. The van der Waals surface area contributed by atoms with Gasteiger partial charge in [-0.15, -0.1) is 0 Å².